The zero-order chi connectivity index (χ0) is 39.6. The first-order valence-corrected chi connectivity index (χ1v) is 20.3. The number of hydrogen-bond donors (Lipinski definition) is 8. The summed E-state index contributed by atoms with van der Waals surface area (Å²) in [5.74, 6) is -0.566. The Balaban J connectivity index is 1.18. The number of aliphatic hydroxyl groups excluding tert-OH is 8. The van der Waals surface area contributed by atoms with Crippen LogP contribution in [0.1, 0.15) is 106 Å². The number of esters is 1. The molecule has 2 heterocycles. The van der Waals surface area contributed by atoms with Crippen molar-refractivity contribution in [3.8, 4) is 0 Å². The SMILES string of the molecule is CC1(C)CC[C@]2(C(=O)O[C@@H]3O[C@H](CO)[C@@H](O)[C@H](O)[C@H]3O)CC[C@]3(C)C(=CCC4[C@@]5(C)CC[C@H](O[C@@H]6OC[C@H](O)[C@H](O)[C@H]6O)C(C)(C)C5CC[C@]43C)[C@@H]2[C@@H]1O. The fraction of sp³-hybridized carbons (Fsp3) is 0.927. The Morgan fingerprint density at radius 2 is 1.44 bits per heavy atom. The molecule has 13 nitrogen and oxygen atoms in total. The van der Waals surface area contributed by atoms with Crippen LogP contribution in [-0.2, 0) is 23.7 Å². The molecule has 2 aliphatic heterocycles. The lowest BCUT2D eigenvalue weighted by Crippen LogP contribution is -2.67. The second-order valence-electron chi connectivity index (χ2n) is 20.2. The molecule has 13 heteroatoms. The van der Waals surface area contributed by atoms with Crippen molar-refractivity contribution in [2.24, 2.45) is 50.2 Å². The highest BCUT2D eigenvalue weighted by atomic mass is 16.7. The van der Waals surface area contributed by atoms with Crippen molar-refractivity contribution in [1.82, 2.24) is 0 Å². The molecule has 7 rings (SSSR count). The number of allylic oxidation sites excluding steroid dienone is 1. The topological polar surface area (TPSA) is 216 Å². The molecule has 0 aromatic rings. The van der Waals surface area contributed by atoms with Gasteiger partial charge in [0, 0.05) is 5.92 Å². The fourth-order valence-corrected chi connectivity index (χ4v) is 13.3. The van der Waals surface area contributed by atoms with E-state index in [0.29, 0.717) is 31.6 Å². The van der Waals surface area contributed by atoms with E-state index in [2.05, 4.69) is 40.7 Å². The molecule has 18 atom stereocenters. The van der Waals surface area contributed by atoms with Crippen LogP contribution in [0.5, 0.6) is 0 Å². The average molecular weight is 767 g/mol. The number of hydrogen-bond acceptors (Lipinski definition) is 13. The Morgan fingerprint density at radius 1 is 0.778 bits per heavy atom. The molecule has 4 saturated carbocycles. The van der Waals surface area contributed by atoms with E-state index in [1.54, 1.807) is 0 Å². The molecule has 7 aliphatic rings. The Kier molecular flexibility index (Phi) is 10.4. The summed E-state index contributed by atoms with van der Waals surface area (Å²) in [6.07, 6.45) is -4.89. The van der Waals surface area contributed by atoms with Crippen molar-refractivity contribution in [2.75, 3.05) is 13.2 Å². The average Bonchev–Trinajstić information content (AvgIpc) is 3.11. The van der Waals surface area contributed by atoms with Gasteiger partial charge in [-0.25, -0.2) is 0 Å². The van der Waals surface area contributed by atoms with Crippen LogP contribution in [0.2, 0.25) is 0 Å². The third-order valence-electron chi connectivity index (χ3n) is 17.0. The molecule has 5 aliphatic carbocycles. The standard InChI is InChI=1S/C41H66O13/c1-36(2)14-16-41(35(50)54-34-31(48)29(46)28(45)22(18-42)52-34)17-15-39(6)20(26(41)32(36)49)8-9-24-38(5)12-11-25(37(3,4)23(38)10-13-40(24,39)7)53-33-30(47)27(44)21(43)19-51-33/h8,21-34,42-49H,9-19H2,1-7H3/t21-,22+,23?,24?,25-,26+,27-,28+,29-,30+,31+,32-,33-,34-,38-,39+,40+,41-/m0/s1. The molecular weight excluding hydrogens is 700 g/mol. The van der Waals surface area contributed by atoms with E-state index in [9.17, 15) is 45.6 Å². The predicted octanol–water partition coefficient (Wildman–Crippen LogP) is 1.93. The van der Waals surface area contributed by atoms with E-state index in [1.807, 2.05) is 13.8 Å². The first-order valence-electron chi connectivity index (χ1n) is 20.3. The Morgan fingerprint density at radius 3 is 2.13 bits per heavy atom. The largest absolute Gasteiger partial charge is 0.432 e. The van der Waals surface area contributed by atoms with Gasteiger partial charge >= 0.3 is 5.97 Å². The van der Waals surface area contributed by atoms with Gasteiger partial charge in [-0.3, -0.25) is 4.79 Å². The normalized spacial score (nSPS) is 53.9. The maximum absolute atomic E-state index is 14.6. The summed E-state index contributed by atoms with van der Waals surface area (Å²) in [4.78, 5) is 14.6. The summed E-state index contributed by atoms with van der Waals surface area (Å²) >= 11 is 0. The molecule has 308 valence electrons. The van der Waals surface area contributed by atoms with Gasteiger partial charge in [0.15, 0.2) is 6.29 Å². The minimum atomic E-state index is -1.71. The zero-order valence-corrected chi connectivity index (χ0v) is 33.1. The Hall–Kier alpha value is -1.23. The monoisotopic (exact) mass is 766 g/mol. The number of ether oxygens (including phenoxy) is 4. The zero-order valence-electron chi connectivity index (χ0n) is 33.1. The van der Waals surface area contributed by atoms with Gasteiger partial charge in [-0.15, -0.1) is 0 Å². The van der Waals surface area contributed by atoms with Crippen LogP contribution < -0.4 is 0 Å². The van der Waals surface area contributed by atoms with Crippen LogP contribution in [0.3, 0.4) is 0 Å². The lowest BCUT2D eigenvalue weighted by Gasteiger charge is -2.71. The van der Waals surface area contributed by atoms with Gasteiger partial charge in [0.25, 0.3) is 0 Å². The molecule has 0 spiro atoms. The molecule has 2 saturated heterocycles. The molecule has 2 unspecified atom stereocenters. The molecular formula is C41H66O13. The van der Waals surface area contributed by atoms with Crippen molar-refractivity contribution < 1.29 is 64.6 Å². The van der Waals surface area contributed by atoms with E-state index in [0.717, 1.165) is 37.7 Å². The highest BCUT2D eigenvalue weighted by molar-refractivity contribution is 5.79. The number of fused-ring (bicyclic) bond motifs is 7. The van der Waals surface area contributed by atoms with Crippen LogP contribution in [0.25, 0.3) is 0 Å². The van der Waals surface area contributed by atoms with E-state index in [1.165, 1.54) is 0 Å². The van der Waals surface area contributed by atoms with Gasteiger partial charge in [0.1, 0.15) is 42.7 Å². The molecule has 54 heavy (non-hydrogen) atoms. The maximum Gasteiger partial charge on any atom is 0.315 e. The summed E-state index contributed by atoms with van der Waals surface area (Å²) in [5, 5.41) is 84.6. The van der Waals surface area contributed by atoms with Crippen molar-refractivity contribution in [3.63, 3.8) is 0 Å². The van der Waals surface area contributed by atoms with Crippen molar-refractivity contribution in [1.29, 1.82) is 0 Å². The summed E-state index contributed by atoms with van der Waals surface area (Å²) in [5.41, 5.74) is -1.34. The van der Waals surface area contributed by atoms with Gasteiger partial charge in [0.2, 0.25) is 6.29 Å². The Labute approximate surface area is 319 Å². The third kappa shape index (κ3) is 5.76. The van der Waals surface area contributed by atoms with E-state index >= 15 is 0 Å². The van der Waals surface area contributed by atoms with Gasteiger partial charge in [0.05, 0.1) is 30.8 Å². The third-order valence-corrected chi connectivity index (χ3v) is 17.0. The van der Waals surface area contributed by atoms with E-state index in [-0.39, 0.29) is 40.3 Å². The fourth-order valence-electron chi connectivity index (χ4n) is 13.3. The first-order chi connectivity index (χ1) is 25.1. The summed E-state index contributed by atoms with van der Waals surface area (Å²) < 4.78 is 23.7. The second kappa shape index (κ2) is 13.7. The highest BCUT2D eigenvalue weighted by Gasteiger charge is 2.71. The minimum absolute atomic E-state index is 0.0653. The molecule has 0 aromatic carbocycles. The van der Waals surface area contributed by atoms with Gasteiger partial charge in [-0.05, 0) is 96.7 Å². The Bertz CT molecular complexity index is 1470. The van der Waals surface area contributed by atoms with Crippen LogP contribution in [-0.4, -0.2) is 128 Å². The smallest absolute Gasteiger partial charge is 0.315 e. The highest BCUT2D eigenvalue weighted by Crippen LogP contribution is 2.76. The number of carbonyl (C=O) groups is 1. The summed E-state index contributed by atoms with van der Waals surface area (Å²) in [6, 6.07) is 0. The van der Waals surface area contributed by atoms with E-state index in [4.69, 9.17) is 18.9 Å². The lowest BCUT2D eigenvalue weighted by atomic mass is 9.33. The molecule has 0 amide bonds. The second-order valence-corrected chi connectivity index (χ2v) is 20.2. The van der Waals surface area contributed by atoms with Crippen molar-refractivity contribution in [3.05, 3.63) is 11.6 Å². The molecule has 0 radical (unpaired) electrons. The van der Waals surface area contributed by atoms with Crippen molar-refractivity contribution >= 4 is 5.97 Å². The van der Waals surface area contributed by atoms with Crippen LogP contribution in [0.15, 0.2) is 11.6 Å². The minimum Gasteiger partial charge on any atom is -0.432 e. The quantitative estimate of drug-likeness (QED) is 0.114. The number of carbonyl (C=O) groups excluding carboxylic acids is 1. The van der Waals surface area contributed by atoms with Crippen molar-refractivity contribution in [2.45, 2.75) is 174 Å². The van der Waals surface area contributed by atoms with Crippen LogP contribution >= 0.6 is 0 Å². The number of rotatable bonds is 5. The van der Waals surface area contributed by atoms with Gasteiger partial charge in [-0.1, -0.05) is 60.1 Å². The predicted molar refractivity (Wildman–Crippen MR) is 193 cm³/mol. The first kappa shape index (κ1) is 40.9. The van der Waals surface area contributed by atoms with Gasteiger partial charge < -0.3 is 59.8 Å². The maximum atomic E-state index is 14.6. The van der Waals surface area contributed by atoms with E-state index < -0.39 is 90.7 Å². The molecule has 0 bridgehead atoms. The molecule has 0 aromatic heterocycles. The summed E-state index contributed by atoms with van der Waals surface area (Å²) in [7, 11) is 0. The molecule has 8 N–H and O–H groups in total. The summed E-state index contributed by atoms with van der Waals surface area (Å²) in [6.45, 7) is 15.0. The van der Waals surface area contributed by atoms with Crippen LogP contribution in [0, 0.1) is 50.2 Å². The lowest BCUT2D eigenvalue weighted by molar-refractivity contribution is -0.308. The van der Waals surface area contributed by atoms with Crippen LogP contribution in [0.4, 0.5) is 0 Å². The van der Waals surface area contributed by atoms with Gasteiger partial charge in [-0.2, -0.15) is 0 Å². The number of aliphatic hydroxyl groups is 8. The molecule has 6 fully saturated rings.